The van der Waals surface area contributed by atoms with Gasteiger partial charge in [0, 0.05) is 0 Å². The monoisotopic (exact) mass is 331 g/mol. The lowest BCUT2D eigenvalue weighted by Crippen LogP contribution is -2.18. The van der Waals surface area contributed by atoms with Gasteiger partial charge in [0.1, 0.15) is 11.5 Å². The molecule has 7 heteroatoms. The van der Waals surface area contributed by atoms with Crippen molar-refractivity contribution in [2.75, 3.05) is 5.32 Å². The third-order valence-corrected chi connectivity index (χ3v) is 4.72. The lowest BCUT2D eigenvalue weighted by atomic mass is 10.1. The smallest absolute Gasteiger partial charge is 0.307 e. The second-order valence-electron chi connectivity index (χ2n) is 6.61. The van der Waals surface area contributed by atoms with Crippen LogP contribution in [0.1, 0.15) is 19.5 Å². The normalized spacial score (nSPS) is 21.3. The molecule has 0 bridgehead atoms. The molecule has 1 heterocycles. The van der Waals surface area contributed by atoms with E-state index < -0.39 is 29.0 Å². The average molecular weight is 331 g/mol. The molecule has 1 aliphatic carbocycles. The largest absolute Gasteiger partial charge is 0.481 e. The Morgan fingerprint density at radius 3 is 2.54 bits per heavy atom. The zero-order chi connectivity index (χ0) is 17.6. The Morgan fingerprint density at radius 2 is 1.96 bits per heavy atom. The molecule has 2 N–H and O–H groups in total. The van der Waals surface area contributed by atoms with Crippen LogP contribution in [-0.4, -0.2) is 26.8 Å². The quantitative estimate of drug-likeness (QED) is 0.902. The van der Waals surface area contributed by atoms with E-state index in [9.17, 15) is 19.1 Å². The van der Waals surface area contributed by atoms with Gasteiger partial charge >= 0.3 is 5.97 Å². The highest BCUT2D eigenvalue weighted by atomic mass is 19.1. The Bertz CT molecular complexity index is 828. The molecule has 0 radical (unpaired) electrons. The number of aromatic nitrogens is 2. The van der Waals surface area contributed by atoms with Gasteiger partial charge in [0.15, 0.2) is 0 Å². The molecule has 6 nitrogen and oxygen atoms in total. The second-order valence-corrected chi connectivity index (χ2v) is 6.61. The van der Waals surface area contributed by atoms with Crippen molar-refractivity contribution < 1.29 is 19.1 Å². The molecule has 0 unspecified atom stereocenters. The van der Waals surface area contributed by atoms with Gasteiger partial charge in [0.25, 0.3) is 0 Å². The molecule has 0 saturated heterocycles. The fourth-order valence-corrected chi connectivity index (χ4v) is 3.20. The molecule has 1 aromatic carbocycles. The highest BCUT2D eigenvalue weighted by Gasteiger charge is 2.65. The minimum atomic E-state index is -0.973. The number of carboxylic acids is 1. The number of hydrogen-bond donors (Lipinski definition) is 2. The van der Waals surface area contributed by atoms with Crippen LogP contribution in [0.4, 0.5) is 10.1 Å². The third-order valence-electron chi connectivity index (χ3n) is 4.72. The van der Waals surface area contributed by atoms with Crippen LogP contribution in [-0.2, 0) is 9.59 Å². The molecule has 2 aromatic rings. The van der Waals surface area contributed by atoms with Crippen molar-refractivity contribution in [3.8, 4) is 5.69 Å². The van der Waals surface area contributed by atoms with E-state index in [0.29, 0.717) is 11.4 Å². The number of benzene rings is 1. The molecule has 0 spiro atoms. The number of carboxylic acid groups (broad SMARTS) is 1. The van der Waals surface area contributed by atoms with Crippen LogP contribution in [0, 0.1) is 30.0 Å². The average Bonchev–Trinajstić information content (AvgIpc) is 2.94. The summed E-state index contributed by atoms with van der Waals surface area (Å²) in [5.41, 5.74) is 0.713. The summed E-state index contributed by atoms with van der Waals surface area (Å²) < 4.78 is 15.3. The first kappa shape index (κ1) is 16.2. The van der Waals surface area contributed by atoms with Crippen LogP contribution < -0.4 is 5.32 Å². The number of amides is 1. The third kappa shape index (κ3) is 2.46. The molecule has 1 aliphatic rings. The number of hydrogen-bond acceptors (Lipinski definition) is 3. The molecule has 2 atom stereocenters. The predicted molar refractivity (Wildman–Crippen MR) is 85.3 cm³/mol. The minimum Gasteiger partial charge on any atom is -0.481 e. The maximum Gasteiger partial charge on any atom is 0.307 e. The summed E-state index contributed by atoms with van der Waals surface area (Å²) in [4.78, 5) is 23.6. The summed E-state index contributed by atoms with van der Waals surface area (Å²) >= 11 is 0. The lowest BCUT2D eigenvalue weighted by Gasteiger charge is -2.08. The summed E-state index contributed by atoms with van der Waals surface area (Å²) in [6, 6.07) is 6.20. The number of nitrogens with one attached hydrogen (secondary N) is 1. The van der Waals surface area contributed by atoms with Gasteiger partial charge in [-0.2, -0.15) is 5.10 Å². The van der Waals surface area contributed by atoms with Gasteiger partial charge < -0.3 is 10.4 Å². The first-order chi connectivity index (χ1) is 11.2. The van der Waals surface area contributed by atoms with Crippen molar-refractivity contribution in [2.45, 2.75) is 20.8 Å². The van der Waals surface area contributed by atoms with Crippen LogP contribution in [0.3, 0.4) is 0 Å². The number of carbonyl (C=O) groups is 2. The molecule has 1 amide bonds. The van der Waals surface area contributed by atoms with Gasteiger partial charge in [-0.05, 0) is 24.5 Å². The lowest BCUT2D eigenvalue weighted by molar-refractivity contribution is -0.140. The number of aliphatic carboxylic acids is 1. The number of para-hydroxylation sites is 1. The molecule has 24 heavy (non-hydrogen) atoms. The summed E-state index contributed by atoms with van der Waals surface area (Å²) in [6.07, 6.45) is 1.44. The number of halogens is 1. The van der Waals surface area contributed by atoms with Gasteiger partial charge in [-0.1, -0.05) is 26.0 Å². The van der Waals surface area contributed by atoms with Crippen molar-refractivity contribution >= 4 is 17.6 Å². The van der Waals surface area contributed by atoms with Crippen molar-refractivity contribution in [1.29, 1.82) is 0 Å². The van der Waals surface area contributed by atoms with Crippen molar-refractivity contribution in [3.05, 3.63) is 42.0 Å². The summed E-state index contributed by atoms with van der Waals surface area (Å²) in [7, 11) is 0. The Kier molecular flexibility index (Phi) is 3.66. The Labute approximate surface area is 138 Å². The minimum absolute atomic E-state index is 0.283. The maximum absolute atomic E-state index is 13.9. The van der Waals surface area contributed by atoms with E-state index in [4.69, 9.17) is 0 Å². The van der Waals surface area contributed by atoms with Gasteiger partial charge in [0.05, 0.1) is 29.4 Å². The molecule has 126 valence electrons. The molecule has 1 saturated carbocycles. The van der Waals surface area contributed by atoms with Crippen molar-refractivity contribution in [2.24, 2.45) is 17.3 Å². The van der Waals surface area contributed by atoms with Gasteiger partial charge in [-0.25, -0.2) is 9.07 Å². The van der Waals surface area contributed by atoms with Gasteiger partial charge in [-0.3, -0.25) is 9.59 Å². The number of anilines is 1. The molecule has 1 aromatic heterocycles. The second kappa shape index (κ2) is 5.43. The Hall–Kier alpha value is -2.70. The van der Waals surface area contributed by atoms with Crippen LogP contribution in [0.5, 0.6) is 0 Å². The van der Waals surface area contributed by atoms with E-state index >= 15 is 0 Å². The van der Waals surface area contributed by atoms with Crippen LogP contribution in [0.25, 0.3) is 5.69 Å². The van der Waals surface area contributed by atoms with Crippen molar-refractivity contribution in [3.63, 3.8) is 0 Å². The highest BCUT2D eigenvalue weighted by molar-refractivity contribution is 6.00. The summed E-state index contributed by atoms with van der Waals surface area (Å²) in [6.45, 7) is 5.22. The van der Waals surface area contributed by atoms with Crippen LogP contribution in [0.15, 0.2) is 30.5 Å². The molecule has 0 aliphatic heterocycles. The number of carbonyl (C=O) groups excluding carboxylic acids is 1. The zero-order valence-corrected chi connectivity index (χ0v) is 13.6. The molecular formula is C17H18FN3O3. The highest BCUT2D eigenvalue weighted by Crippen LogP contribution is 2.58. The van der Waals surface area contributed by atoms with E-state index in [1.54, 1.807) is 39.0 Å². The molecular weight excluding hydrogens is 313 g/mol. The number of rotatable bonds is 4. The Balaban J connectivity index is 1.82. The van der Waals surface area contributed by atoms with Crippen molar-refractivity contribution in [1.82, 2.24) is 9.78 Å². The van der Waals surface area contributed by atoms with Crippen LogP contribution >= 0.6 is 0 Å². The molecule has 1 fully saturated rings. The van der Waals surface area contributed by atoms with Crippen LogP contribution in [0.2, 0.25) is 0 Å². The topological polar surface area (TPSA) is 84.2 Å². The first-order valence-electron chi connectivity index (χ1n) is 7.58. The van der Waals surface area contributed by atoms with E-state index in [1.165, 1.54) is 16.9 Å². The predicted octanol–water partition coefficient (Wildman–Crippen LogP) is 2.62. The fourth-order valence-electron chi connectivity index (χ4n) is 3.20. The Morgan fingerprint density at radius 1 is 1.29 bits per heavy atom. The first-order valence-corrected chi connectivity index (χ1v) is 7.58. The van der Waals surface area contributed by atoms with E-state index in [2.05, 4.69) is 10.4 Å². The molecule has 3 rings (SSSR count). The summed E-state index contributed by atoms with van der Waals surface area (Å²) in [5.74, 6) is -3.04. The summed E-state index contributed by atoms with van der Waals surface area (Å²) in [5, 5.41) is 16.0. The maximum atomic E-state index is 13.9. The van der Waals surface area contributed by atoms with E-state index in [-0.39, 0.29) is 11.6 Å². The van der Waals surface area contributed by atoms with Gasteiger partial charge in [0.2, 0.25) is 5.91 Å². The van der Waals surface area contributed by atoms with Gasteiger partial charge in [-0.15, -0.1) is 0 Å². The van der Waals surface area contributed by atoms with E-state index in [0.717, 1.165) is 0 Å². The van der Waals surface area contributed by atoms with E-state index in [1.807, 2.05) is 0 Å². The zero-order valence-electron chi connectivity index (χ0n) is 13.6. The number of nitrogens with zero attached hydrogens (tertiary/aromatic N) is 2. The SMILES string of the molecule is Cc1c(NC(=O)[C@@H]2[C@H](C(=O)O)C2(C)C)cnn1-c1ccccc1F. The fraction of sp³-hybridized carbons (Fsp3) is 0.353. The standard InChI is InChI=1S/C17H18FN3O3/c1-9-11(8-19-21(9)12-7-5-4-6-10(12)18)20-15(22)13-14(16(23)24)17(13,2)3/h4-8,13-14H,1-3H3,(H,20,22)(H,23,24)/t13-,14+/m0/s1.